The van der Waals surface area contributed by atoms with Crippen molar-refractivity contribution in [2.75, 3.05) is 6.61 Å². The van der Waals surface area contributed by atoms with Crippen LogP contribution in [-0.4, -0.2) is 80.3 Å². The van der Waals surface area contributed by atoms with Crippen LogP contribution < -0.4 is 16.4 Å². The van der Waals surface area contributed by atoms with E-state index in [0.29, 0.717) is 0 Å². The molecule has 4 N–H and O–H groups in total. The number of rotatable bonds is 6. The summed E-state index contributed by atoms with van der Waals surface area (Å²) in [6.07, 6.45) is -9.71. The molecular formula is C16H20N5O10-. The van der Waals surface area contributed by atoms with Crippen LogP contribution >= 0.6 is 0 Å². The summed E-state index contributed by atoms with van der Waals surface area (Å²) >= 11 is 0. The molecule has 0 amide bonds. The Balaban J connectivity index is 1.74. The molecule has 0 radical (unpaired) electrons. The van der Waals surface area contributed by atoms with E-state index in [0.717, 1.165) is 4.57 Å². The molecule has 15 nitrogen and oxygen atoms in total. The summed E-state index contributed by atoms with van der Waals surface area (Å²) in [5, 5.41) is 44.1. The maximum atomic E-state index is 12.1. The number of carbonyl (C=O) groups is 1. The molecule has 2 saturated heterocycles. The molecule has 8 unspecified atom stereocenters. The number of ether oxygens (including phenoxy) is 3. The van der Waals surface area contributed by atoms with Gasteiger partial charge in [0.25, 0.3) is 5.56 Å². The molecule has 0 saturated carbocycles. The van der Waals surface area contributed by atoms with E-state index in [2.05, 4.69) is 15.0 Å². The summed E-state index contributed by atoms with van der Waals surface area (Å²) in [5.74, 6) is -1.82. The lowest BCUT2D eigenvalue weighted by Gasteiger charge is -2.40. The highest BCUT2D eigenvalue weighted by Gasteiger charge is 2.46. The molecule has 8 atom stereocenters. The van der Waals surface area contributed by atoms with Crippen LogP contribution in [0.1, 0.15) is 18.2 Å². The van der Waals surface area contributed by atoms with Gasteiger partial charge in [0, 0.05) is 23.1 Å². The summed E-state index contributed by atoms with van der Waals surface area (Å²) in [4.78, 5) is 39.6. The number of aliphatic carboxylic acids is 1. The largest absolute Gasteiger partial charge is 0.547 e. The van der Waals surface area contributed by atoms with Crippen LogP contribution in [-0.2, 0) is 19.0 Å². The third kappa shape index (κ3) is 4.62. The lowest BCUT2D eigenvalue weighted by molar-refractivity contribution is -0.350. The number of H-pyrrole nitrogens is 1. The SMILES string of the molecule is Cc1cn(C2CC(N=[N+]=[N-])C(COC3OC(C(=O)[O-])C(O)C(O)C3O)O2)c(=O)[nH]c1=O. The zero-order valence-electron chi connectivity index (χ0n) is 16.1. The fourth-order valence-corrected chi connectivity index (χ4v) is 3.39. The monoisotopic (exact) mass is 442 g/mol. The van der Waals surface area contributed by atoms with Crippen LogP contribution in [0, 0.1) is 6.92 Å². The maximum absolute atomic E-state index is 12.1. The molecule has 3 rings (SSSR count). The number of aromatic amines is 1. The smallest absolute Gasteiger partial charge is 0.330 e. The van der Waals surface area contributed by atoms with Gasteiger partial charge in [-0.3, -0.25) is 14.3 Å². The molecule has 170 valence electrons. The van der Waals surface area contributed by atoms with E-state index in [-0.39, 0.29) is 18.6 Å². The minimum Gasteiger partial charge on any atom is -0.547 e. The second-order valence-electron chi connectivity index (χ2n) is 7.17. The highest BCUT2D eigenvalue weighted by molar-refractivity contribution is 5.71. The first-order valence-corrected chi connectivity index (χ1v) is 9.18. The molecule has 0 spiro atoms. The number of carbonyl (C=O) groups excluding carboxylic acids is 1. The molecule has 0 aromatic carbocycles. The summed E-state index contributed by atoms with van der Waals surface area (Å²) in [5.41, 5.74) is 7.76. The van der Waals surface area contributed by atoms with E-state index in [1.807, 2.05) is 0 Å². The maximum Gasteiger partial charge on any atom is 0.330 e. The highest BCUT2D eigenvalue weighted by Crippen LogP contribution is 2.31. The van der Waals surface area contributed by atoms with Crippen molar-refractivity contribution < 1.29 is 39.4 Å². The zero-order chi connectivity index (χ0) is 22.9. The fraction of sp³-hybridized carbons (Fsp3) is 0.688. The predicted molar refractivity (Wildman–Crippen MR) is 95.2 cm³/mol. The number of aliphatic hydroxyl groups excluding tert-OH is 3. The van der Waals surface area contributed by atoms with Crippen molar-refractivity contribution in [3.05, 3.63) is 43.0 Å². The van der Waals surface area contributed by atoms with E-state index < -0.39 is 66.3 Å². The Morgan fingerprint density at radius 1 is 1.35 bits per heavy atom. The van der Waals surface area contributed by atoms with Gasteiger partial charge in [0.05, 0.1) is 24.7 Å². The second-order valence-corrected chi connectivity index (χ2v) is 7.17. The molecule has 15 heteroatoms. The average molecular weight is 442 g/mol. The van der Waals surface area contributed by atoms with Gasteiger partial charge in [-0.15, -0.1) is 0 Å². The third-order valence-corrected chi connectivity index (χ3v) is 5.09. The van der Waals surface area contributed by atoms with Gasteiger partial charge in [0.2, 0.25) is 0 Å². The van der Waals surface area contributed by atoms with E-state index in [1.54, 1.807) is 0 Å². The van der Waals surface area contributed by atoms with Crippen molar-refractivity contribution in [2.24, 2.45) is 5.11 Å². The molecule has 2 fully saturated rings. The van der Waals surface area contributed by atoms with Crippen LogP contribution in [0.4, 0.5) is 0 Å². The van der Waals surface area contributed by atoms with Crippen molar-refractivity contribution in [3.63, 3.8) is 0 Å². The number of azide groups is 1. The fourth-order valence-electron chi connectivity index (χ4n) is 3.39. The van der Waals surface area contributed by atoms with Gasteiger partial charge in [-0.1, -0.05) is 5.11 Å². The Morgan fingerprint density at radius 3 is 2.71 bits per heavy atom. The summed E-state index contributed by atoms with van der Waals surface area (Å²) in [6, 6.07) is -0.817. The number of aryl methyl sites for hydroxylation is 1. The van der Waals surface area contributed by atoms with Crippen molar-refractivity contribution in [1.82, 2.24) is 9.55 Å². The molecule has 0 bridgehead atoms. The quantitative estimate of drug-likeness (QED) is 0.192. The number of carboxylic acid groups (broad SMARTS) is 1. The first-order valence-electron chi connectivity index (χ1n) is 9.18. The molecule has 1 aromatic heterocycles. The molecule has 2 aliphatic heterocycles. The second kappa shape index (κ2) is 9.15. The van der Waals surface area contributed by atoms with Crippen molar-refractivity contribution >= 4 is 5.97 Å². The molecule has 31 heavy (non-hydrogen) atoms. The molecule has 3 heterocycles. The predicted octanol–water partition coefficient (Wildman–Crippen LogP) is -3.61. The van der Waals surface area contributed by atoms with Gasteiger partial charge in [-0.2, -0.15) is 0 Å². The van der Waals surface area contributed by atoms with Crippen LogP contribution in [0.15, 0.2) is 20.9 Å². The average Bonchev–Trinajstić information content (AvgIpc) is 3.11. The standard InChI is InChI=1S/C16H21N5O10/c1-5-3-21(16(28)18-13(5)25)8-2-6(19-20-17)7(30-8)4-29-15-11(24)9(22)10(23)12(31-15)14(26)27/h3,6-12,15,22-24H,2,4H2,1H3,(H,26,27)(H,18,25,28)/p-1. The number of carboxylic acids is 1. The normalized spacial score (nSPS) is 35.5. The lowest BCUT2D eigenvalue weighted by Crippen LogP contribution is -2.62. The third-order valence-electron chi connectivity index (χ3n) is 5.09. The first-order chi connectivity index (χ1) is 14.6. The van der Waals surface area contributed by atoms with Crippen LogP contribution in [0.5, 0.6) is 0 Å². The number of aromatic nitrogens is 2. The Labute approximate surface area is 173 Å². The minimum absolute atomic E-state index is 0.0561. The van der Waals surface area contributed by atoms with Crippen LogP contribution in [0.25, 0.3) is 10.4 Å². The Hall–Kier alpha value is -2.78. The lowest BCUT2D eigenvalue weighted by atomic mass is 9.99. The van der Waals surface area contributed by atoms with E-state index in [1.165, 1.54) is 13.1 Å². The highest BCUT2D eigenvalue weighted by atomic mass is 16.7. The van der Waals surface area contributed by atoms with Gasteiger partial charge in [-0.05, 0) is 12.5 Å². The molecule has 2 aliphatic rings. The number of aliphatic hydroxyl groups is 3. The molecular weight excluding hydrogens is 422 g/mol. The van der Waals surface area contributed by atoms with Gasteiger partial charge < -0.3 is 39.4 Å². The summed E-state index contributed by atoms with van der Waals surface area (Å²) in [6.45, 7) is 1.10. The van der Waals surface area contributed by atoms with Crippen LogP contribution in [0.3, 0.4) is 0 Å². The van der Waals surface area contributed by atoms with Crippen molar-refractivity contribution in [1.29, 1.82) is 0 Å². The Morgan fingerprint density at radius 2 is 2.06 bits per heavy atom. The van der Waals surface area contributed by atoms with Gasteiger partial charge >= 0.3 is 5.69 Å². The van der Waals surface area contributed by atoms with Gasteiger partial charge in [-0.25, -0.2) is 4.79 Å². The first kappa shape index (κ1) is 22.9. The summed E-state index contributed by atoms with van der Waals surface area (Å²) < 4.78 is 17.1. The number of hydrogen-bond acceptors (Lipinski definition) is 11. The Bertz CT molecular complexity index is 988. The number of hydrogen-bond donors (Lipinski definition) is 4. The molecule has 0 aliphatic carbocycles. The van der Waals surface area contributed by atoms with E-state index in [4.69, 9.17) is 19.7 Å². The van der Waals surface area contributed by atoms with E-state index >= 15 is 0 Å². The van der Waals surface area contributed by atoms with E-state index in [9.17, 15) is 34.8 Å². The summed E-state index contributed by atoms with van der Waals surface area (Å²) in [7, 11) is 0. The van der Waals surface area contributed by atoms with Crippen molar-refractivity contribution in [2.45, 2.75) is 62.4 Å². The van der Waals surface area contributed by atoms with Gasteiger partial charge in [0.15, 0.2) is 6.29 Å². The van der Waals surface area contributed by atoms with Crippen LogP contribution in [0.2, 0.25) is 0 Å². The zero-order valence-corrected chi connectivity index (χ0v) is 16.1. The number of nitrogens with one attached hydrogen (secondary N) is 1. The van der Waals surface area contributed by atoms with Crippen molar-refractivity contribution in [3.8, 4) is 0 Å². The number of nitrogens with zero attached hydrogens (tertiary/aromatic N) is 4. The topological polar surface area (TPSA) is 232 Å². The Kier molecular flexibility index (Phi) is 6.76. The molecule has 1 aromatic rings. The minimum atomic E-state index is -1.95. The van der Waals surface area contributed by atoms with Gasteiger partial charge in [0.1, 0.15) is 30.6 Å².